The molecule has 0 saturated carbocycles. The van der Waals surface area contributed by atoms with Crippen molar-refractivity contribution < 1.29 is 4.79 Å². The third-order valence-electron chi connectivity index (χ3n) is 2.30. The molecule has 0 aliphatic rings. The molecule has 0 unspecified atom stereocenters. The zero-order valence-corrected chi connectivity index (χ0v) is 10.8. The molecule has 2 aromatic heterocycles. The van der Waals surface area contributed by atoms with Crippen molar-refractivity contribution >= 4 is 34.7 Å². The maximum atomic E-state index is 12.0. The standard InChI is InChI=1S/C12H11ClN2OS/c1-2-8-5-6-17-11(8)12(16)15-10-4-3-9(13)7-14-10/h3-7H,2H2,1H3,(H,14,15,16). The summed E-state index contributed by atoms with van der Waals surface area (Å²) in [6, 6.07) is 5.34. The monoisotopic (exact) mass is 266 g/mol. The molecule has 0 saturated heterocycles. The van der Waals surface area contributed by atoms with Crippen LogP contribution in [0.2, 0.25) is 5.02 Å². The SMILES string of the molecule is CCc1ccsc1C(=O)Nc1ccc(Cl)cn1. The molecule has 0 aliphatic heterocycles. The minimum atomic E-state index is -0.119. The number of amides is 1. The lowest BCUT2D eigenvalue weighted by Crippen LogP contribution is -2.12. The predicted molar refractivity (Wildman–Crippen MR) is 70.9 cm³/mol. The number of rotatable bonds is 3. The lowest BCUT2D eigenvalue weighted by Gasteiger charge is -2.04. The van der Waals surface area contributed by atoms with Gasteiger partial charge in [-0.2, -0.15) is 0 Å². The quantitative estimate of drug-likeness (QED) is 0.922. The molecule has 0 radical (unpaired) electrons. The van der Waals surface area contributed by atoms with Gasteiger partial charge in [-0.05, 0) is 35.6 Å². The van der Waals surface area contributed by atoms with E-state index in [0.29, 0.717) is 10.8 Å². The van der Waals surface area contributed by atoms with Gasteiger partial charge in [0.05, 0.1) is 9.90 Å². The highest BCUT2D eigenvalue weighted by Crippen LogP contribution is 2.19. The molecule has 0 aliphatic carbocycles. The van der Waals surface area contributed by atoms with Gasteiger partial charge >= 0.3 is 0 Å². The first kappa shape index (κ1) is 12.1. The molecule has 0 atom stereocenters. The smallest absolute Gasteiger partial charge is 0.267 e. The molecule has 1 amide bonds. The average Bonchev–Trinajstić information content (AvgIpc) is 2.80. The van der Waals surface area contributed by atoms with Crippen LogP contribution in [0.5, 0.6) is 0 Å². The summed E-state index contributed by atoms with van der Waals surface area (Å²) in [4.78, 5) is 16.7. The number of hydrogen-bond acceptors (Lipinski definition) is 3. The third-order valence-corrected chi connectivity index (χ3v) is 3.48. The van der Waals surface area contributed by atoms with E-state index in [4.69, 9.17) is 11.6 Å². The van der Waals surface area contributed by atoms with Gasteiger partial charge in [0.1, 0.15) is 5.82 Å². The zero-order valence-electron chi connectivity index (χ0n) is 9.24. The van der Waals surface area contributed by atoms with Crippen LogP contribution in [0, 0.1) is 0 Å². The van der Waals surface area contributed by atoms with Crippen LogP contribution in [0.15, 0.2) is 29.8 Å². The van der Waals surface area contributed by atoms with Gasteiger partial charge in [-0.25, -0.2) is 4.98 Å². The summed E-state index contributed by atoms with van der Waals surface area (Å²) >= 11 is 7.16. The zero-order chi connectivity index (χ0) is 12.3. The molecule has 2 heterocycles. The molecule has 17 heavy (non-hydrogen) atoms. The Morgan fingerprint density at radius 2 is 2.29 bits per heavy atom. The van der Waals surface area contributed by atoms with Gasteiger partial charge in [0.15, 0.2) is 0 Å². The summed E-state index contributed by atoms with van der Waals surface area (Å²) < 4.78 is 0. The second-order valence-electron chi connectivity index (χ2n) is 3.44. The van der Waals surface area contributed by atoms with Crippen LogP contribution < -0.4 is 5.32 Å². The molecular weight excluding hydrogens is 256 g/mol. The summed E-state index contributed by atoms with van der Waals surface area (Å²) in [6.45, 7) is 2.03. The Morgan fingerprint density at radius 3 is 2.94 bits per heavy atom. The van der Waals surface area contributed by atoms with E-state index in [1.807, 2.05) is 18.4 Å². The Hall–Kier alpha value is -1.39. The third kappa shape index (κ3) is 2.84. The van der Waals surface area contributed by atoms with Crippen molar-refractivity contribution in [1.29, 1.82) is 0 Å². The van der Waals surface area contributed by atoms with Gasteiger partial charge in [-0.3, -0.25) is 4.79 Å². The lowest BCUT2D eigenvalue weighted by molar-refractivity contribution is 0.102. The van der Waals surface area contributed by atoms with E-state index in [2.05, 4.69) is 10.3 Å². The Kier molecular flexibility index (Phi) is 3.76. The molecule has 0 aromatic carbocycles. The topological polar surface area (TPSA) is 42.0 Å². The van der Waals surface area contributed by atoms with E-state index in [-0.39, 0.29) is 5.91 Å². The van der Waals surface area contributed by atoms with Crippen LogP contribution in [-0.2, 0) is 6.42 Å². The minimum Gasteiger partial charge on any atom is -0.306 e. The summed E-state index contributed by atoms with van der Waals surface area (Å²) in [7, 11) is 0. The largest absolute Gasteiger partial charge is 0.306 e. The summed E-state index contributed by atoms with van der Waals surface area (Å²) in [5.74, 6) is 0.390. The Balaban J connectivity index is 2.14. The maximum Gasteiger partial charge on any atom is 0.267 e. The molecule has 1 N–H and O–H groups in total. The number of halogens is 1. The van der Waals surface area contributed by atoms with E-state index in [1.54, 1.807) is 12.1 Å². The number of nitrogens with one attached hydrogen (secondary N) is 1. The van der Waals surface area contributed by atoms with E-state index in [0.717, 1.165) is 16.9 Å². The number of aromatic nitrogens is 1. The molecule has 5 heteroatoms. The molecule has 2 aromatic rings. The number of aryl methyl sites for hydroxylation is 1. The highest BCUT2D eigenvalue weighted by molar-refractivity contribution is 7.12. The minimum absolute atomic E-state index is 0.119. The number of carbonyl (C=O) groups is 1. The van der Waals surface area contributed by atoms with Crippen molar-refractivity contribution in [3.8, 4) is 0 Å². The Labute approximate surface area is 108 Å². The van der Waals surface area contributed by atoms with E-state index < -0.39 is 0 Å². The van der Waals surface area contributed by atoms with Crippen molar-refractivity contribution in [2.24, 2.45) is 0 Å². The molecule has 88 valence electrons. The number of carbonyl (C=O) groups excluding carboxylic acids is 1. The normalized spacial score (nSPS) is 10.2. The Morgan fingerprint density at radius 1 is 1.47 bits per heavy atom. The number of thiophene rings is 1. The second-order valence-corrected chi connectivity index (χ2v) is 4.80. The first-order valence-electron chi connectivity index (χ1n) is 5.20. The van der Waals surface area contributed by atoms with Gasteiger partial charge in [0.25, 0.3) is 5.91 Å². The number of anilines is 1. The first-order valence-corrected chi connectivity index (χ1v) is 6.45. The fraction of sp³-hybridized carbons (Fsp3) is 0.167. The Bertz CT molecular complexity index is 522. The highest BCUT2D eigenvalue weighted by Gasteiger charge is 2.12. The molecule has 0 fully saturated rings. The summed E-state index contributed by atoms with van der Waals surface area (Å²) in [5, 5.41) is 5.22. The molecule has 2 rings (SSSR count). The van der Waals surface area contributed by atoms with Crippen LogP contribution in [0.25, 0.3) is 0 Å². The molecule has 0 spiro atoms. The highest BCUT2D eigenvalue weighted by atomic mass is 35.5. The first-order chi connectivity index (χ1) is 8.20. The van der Waals surface area contributed by atoms with Gasteiger partial charge in [0.2, 0.25) is 0 Å². The van der Waals surface area contributed by atoms with Crippen LogP contribution >= 0.6 is 22.9 Å². The van der Waals surface area contributed by atoms with Crippen molar-refractivity contribution in [2.45, 2.75) is 13.3 Å². The van der Waals surface area contributed by atoms with Gasteiger partial charge in [0, 0.05) is 6.20 Å². The average molecular weight is 267 g/mol. The van der Waals surface area contributed by atoms with Crippen molar-refractivity contribution in [2.75, 3.05) is 5.32 Å². The fourth-order valence-electron chi connectivity index (χ4n) is 1.44. The second kappa shape index (κ2) is 5.29. The van der Waals surface area contributed by atoms with Gasteiger partial charge in [-0.15, -0.1) is 11.3 Å². The van der Waals surface area contributed by atoms with E-state index in [9.17, 15) is 4.79 Å². The van der Waals surface area contributed by atoms with E-state index >= 15 is 0 Å². The van der Waals surface area contributed by atoms with Crippen LogP contribution in [0.4, 0.5) is 5.82 Å². The van der Waals surface area contributed by atoms with Crippen LogP contribution in [0.1, 0.15) is 22.2 Å². The molecular formula is C12H11ClN2OS. The van der Waals surface area contributed by atoms with Crippen molar-refractivity contribution in [3.05, 3.63) is 45.2 Å². The van der Waals surface area contributed by atoms with Gasteiger partial charge in [-0.1, -0.05) is 18.5 Å². The van der Waals surface area contributed by atoms with Crippen molar-refractivity contribution in [3.63, 3.8) is 0 Å². The predicted octanol–water partition coefficient (Wildman–Crippen LogP) is 3.61. The maximum absolute atomic E-state index is 12.0. The molecule has 0 bridgehead atoms. The molecule has 3 nitrogen and oxygen atoms in total. The number of hydrogen-bond donors (Lipinski definition) is 1. The number of pyridine rings is 1. The van der Waals surface area contributed by atoms with Crippen LogP contribution in [0.3, 0.4) is 0 Å². The lowest BCUT2D eigenvalue weighted by atomic mass is 10.2. The van der Waals surface area contributed by atoms with Crippen LogP contribution in [-0.4, -0.2) is 10.9 Å². The van der Waals surface area contributed by atoms with Crippen molar-refractivity contribution in [1.82, 2.24) is 4.98 Å². The fourth-order valence-corrected chi connectivity index (χ4v) is 2.44. The number of nitrogens with zero attached hydrogens (tertiary/aromatic N) is 1. The van der Waals surface area contributed by atoms with E-state index in [1.165, 1.54) is 17.5 Å². The summed E-state index contributed by atoms with van der Waals surface area (Å²) in [5.41, 5.74) is 1.06. The summed E-state index contributed by atoms with van der Waals surface area (Å²) in [6.07, 6.45) is 2.35. The van der Waals surface area contributed by atoms with Gasteiger partial charge < -0.3 is 5.32 Å².